The third-order valence-electron chi connectivity index (χ3n) is 12.7. The van der Waals surface area contributed by atoms with Crippen LogP contribution in [0.4, 0.5) is 23.8 Å². The Morgan fingerprint density at radius 3 is 2.51 bits per heavy atom. The first-order valence-electron chi connectivity index (χ1n) is 19.5. The Labute approximate surface area is 322 Å². The van der Waals surface area contributed by atoms with E-state index in [1.165, 1.54) is 17.2 Å². The molecule has 0 aliphatic carbocycles. The van der Waals surface area contributed by atoms with E-state index >= 15 is 8.78 Å². The van der Waals surface area contributed by atoms with Crippen LogP contribution in [0.2, 0.25) is 16.6 Å². The predicted molar refractivity (Wildman–Crippen MR) is 213 cm³/mol. The van der Waals surface area contributed by atoms with Gasteiger partial charge in [0, 0.05) is 56.3 Å². The summed E-state index contributed by atoms with van der Waals surface area (Å²) in [6.07, 6.45) is 2.17. The first kappa shape index (κ1) is 38.8. The quantitative estimate of drug-likeness (QED) is 0.133. The van der Waals surface area contributed by atoms with Crippen molar-refractivity contribution in [1.29, 1.82) is 0 Å². The fourth-order valence-electron chi connectivity index (χ4n) is 9.87. The van der Waals surface area contributed by atoms with E-state index in [-0.39, 0.29) is 42.0 Å². The second-order valence-electron chi connectivity index (χ2n) is 16.6. The van der Waals surface area contributed by atoms with E-state index in [9.17, 15) is 14.3 Å². The number of likely N-dealkylation sites (N-methyl/N-ethyl adjacent to an activating group) is 1. The van der Waals surface area contributed by atoms with Crippen LogP contribution in [0.15, 0.2) is 36.5 Å². The van der Waals surface area contributed by atoms with E-state index in [1.54, 1.807) is 25.2 Å². The van der Waals surface area contributed by atoms with Crippen molar-refractivity contribution in [2.75, 3.05) is 44.7 Å². The summed E-state index contributed by atoms with van der Waals surface area (Å²) in [6, 6.07) is 8.18. The Morgan fingerprint density at radius 1 is 1.07 bits per heavy atom. The molecule has 9 nitrogen and oxygen atoms in total. The molecular formula is C42H51F3N6O3Si. The first-order chi connectivity index (χ1) is 26.2. The zero-order valence-corrected chi connectivity index (χ0v) is 33.8. The molecule has 0 saturated carbocycles. The van der Waals surface area contributed by atoms with Crippen LogP contribution in [0.25, 0.3) is 32.9 Å². The van der Waals surface area contributed by atoms with Gasteiger partial charge in [-0.2, -0.15) is 9.97 Å². The minimum atomic E-state index is -2.25. The van der Waals surface area contributed by atoms with Crippen LogP contribution in [-0.2, 0) is 0 Å². The number of ether oxygens (including phenoxy) is 1. The molecule has 2 aromatic carbocycles. The summed E-state index contributed by atoms with van der Waals surface area (Å²) < 4.78 is 54.2. The maximum atomic E-state index is 17.3. The molecule has 2 aromatic heterocycles. The number of nitrogens with zero attached hydrogens (tertiary/aromatic N) is 6. The molecule has 3 aliphatic heterocycles. The van der Waals surface area contributed by atoms with Crippen molar-refractivity contribution in [2.24, 2.45) is 0 Å². The van der Waals surface area contributed by atoms with E-state index in [4.69, 9.17) is 9.72 Å². The number of carboxylic acid groups (broad SMARTS) is 1. The van der Waals surface area contributed by atoms with Crippen molar-refractivity contribution in [3.63, 3.8) is 0 Å². The summed E-state index contributed by atoms with van der Waals surface area (Å²) in [7, 11) is -0.458. The van der Waals surface area contributed by atoms with Crippen LogP contribution in [-0.4, -0.2) is 102 Å². The summed E-state index contributed by atoms with van der Waals surface area (Å²) in [6.45, 7) is 15.1. The lowest BCUT2D eigenvalue weighted by Crippen LogP contribution is -2.43. The number of anilines is 1. The monoisotopic (exact) mass is 772 g/mol. The molecular weight excluding hydrogens is 722 g/mol. The average molecular weight is 773 g/mol. The molecule has 7 rings (SSSR count). The largest absolute Gasteiger partial charge is 0.465 e. The molecule has 55 heavy (non-hydrogen) atoms. The third kappa shape index (κ3) is 6.79. The molecule has 3 atom stereocenters. The lowest BCUT2D eigenvalue weighted by atomic mass is 9.95. The molecule has 4 aromatic rings. The van der Waals surface area contributed by atoms with Crippen molar-refractivity contribution in [2.45, 2.75) is 102 Å². The molecule has 3 saturated heterocycles. The van der Waals surface area contributed by atoms with Crippen LogP contribution in [0.3, 0.4) is 0 Å². The topological polar surface area (TPSA) is 94.9 Å². The molecule has 1 N–H and O–H groups in total. The van der Waals surface area contributed by atoms with E-state index in [1.807, 2.05) is 11.0 Å². The molecule has 1 amide bonds. The minimum Gasteiger partial charge on any atom is -0.465 e. The fraction of sp³-hybridized carbons (Fsp3) is 0.524. The Morgan fingerprint density at radius 2 is 1.82 bits per heavy atom. The number of hydrogen-bond acceptors (Lipinski definition) is 7. The van der Waals surface area contributed by atoms with E-state index in [2.05, 4.69) is 67.9 Å². The highest BCUT2D eigenvalue weighted by Gasteiger charge is 2.49. The number of carbonyl (C=O) groups is 1. The number of fused-ring (bicyclic) bond motifs is 3. The van der Waals surface area contributed by atoms with Gasteiger partial charge in [0.05, 0.1) is 16.5 Å². The lowest BCUT2D eigenvalue weighted by molar-refractivity contribution is 0.107. The third-order valence-corrected chi connectivity index (χ3v) is 19.0. The normalized spacial score (nSPS) is 21.6. The number of likely N-dealkylation sites (tertiary alicyclic amines) is 1. The van der Waals surface area contributed by atoms with Gasteiger partial charge in [-0.1, -0.05) is 71.7 Å². The van der Waals surface area contributed by atoms with E-state index in [0.717, 1.165) is 19.4 Å². The van der Waals surface area contributed by atoms with Crippen LogP contribution in [0.5, 0.6) is 6.01 Å². The van der Waals surface area contributed by atoms with Gasteiger partial charge in [-0.25, -0.2) is 18.0 Å². The summed E-state index contributed by atoms with van der Waals surface area (Å²) in [5.74, 6) is 2.44. The van der Waals surface area contributed by atoms with Crippen molar-refractivity contribution < 1.29 is 27.8 Å². The predicted octanol–water partition coefficient (Wildman–Crippen LogP) is 8.84. The van der Waals surface area contributed by atoms with Crippen LogP contribution in [0.1, 0.15) is 72.8 Å². The maximum absolute atomic E-state index is 17.3. The number of hydrogen-bond donors (Lipinski definition) is 1. The van der Waals surface area contributed by atoms with Gasteiger partial charge in [0.2, 0.25) is 0 Å². The number of benzene rings is 2. The molecule has 0 unspecified atom stereocenters. The molecule has 292 valence electrons. The van der Waals surface area contributed by atoms with Gasteiger partial charge in [-0.15, -0.1) is 5.54 Å². The van der Waals surface area contributed by atoms with E-state index in [0.29, 0.717) is 70.1 Å². The summed E-state index contributed by atoms with van der Waals surface area (Å²) >= 11 is 0. The smallest absolute Gasteiger partial charge is 0.407 e. The molecule has 13 heteroatoms. The van der Waals surface area contributed by atoms with Gasteiger partial charge in [-0.05, 0) is 53.9 Å². The molecule has 5 heterocycles. The van der Waals surface area contributed by atoms with Gasteiger partial charge < -0.3 is 19.6 Å². The lowest BCUT2D eigenvalue weighted by Gasteiger charge is -2.38. The van der Waals surface area contributed by atoms with E-state index < -0.39 is 37.5 Å². The zero-order chi connectivity index (χ0) is 39.4. The molecule has 0 bridgehead atoms. The number of alkyl halides is 1. The van der Waals surface area contributed by atoms with Crippen molar-refractivity contribution in [3.05, 3.63) is 53.7 Å². The highest BCUT2D eigenvalue weighted by atomic mass is 28.3. The minimum absolute atomic E-state index is 0.0142. The highest BCUT2D eigenvalue weighted by Crippen LogP contribution is 2.43. The Kier molecular flexibility index (Phi) is 10.5. The molecule has 3 fully saturated rings. The summed E-state index contributed by atoms with van der Waals surface area (Å²) in [5, 5.41) is 11.1. The Hall–Kier alpha value is -4.41. The fourth-order valence-corrected chi connectivity index (χ4v) is 15.1. The standard InChI is InChI=1S/C42H51F3N6O3Si/c1-25(2)55(26(3)4,27(5)6)19-15-31-34(44)13-12-28-10-8-11-32(35(28)31)37-36(45)38-33(21-46-37)39(49(7)30-14-18-50(23-30)41(52)53)48-40(47-38)54-24-42-16-9-17-51(42)22-29(43)20-42/h8,10-13,21,25-27,29-30H,9,14,16-18,20,22-24H2,1-7H3,(H,52,53)/t29-,30-,42+/m1/s1. The first-order valence-corrected chi connectivity index (χ1v) is 21.7. The van der Waals surface area contributed by atoms with Gasteiger partial charge in [0.1, 0.15) is 43.7 Å². The van der Waals surface area contributed by atoms with Crippen molar-refractivity contribution in [3.8, 4) is 28.7 Å². The van der Waals surface area contributed by atoms with Gasteiger partial charge >= 0.3 is 12.1 Å². The highest BCUT2D eigenvalue weighted by molar-refractivity contribution is 6.90. The molecule has 0 spiro atoms. The Balaban J connectivity index is 1.38. The number of pyridine rings is 1. The maximum Gasteiger partial charge on any atom is 0.407 e. The Bertz CT molecular complexity index is 2170. The number of aromatic nitrogens is 3. The molecule has 0 radical (unpaired) electrons. The second kappa shape index (κ2) is 14.9. The number of halogens is 3. The van der Waals surface area contributed by atoms with Crippen LogP contribution < -0.4 is 9.64 Å². The van der Waals surface area contributed by atoms with Gasteiger partial charge in [-0.3, -0.25) is 9.88 Å². The van der Waals surface area contributed by atoms with Gasteiger partial charge in [0.25, 0.3) is 0 Å². The summed E-state index contributed by atoms with van der Waals surface area (Å²) in [5.41, 5.74) is 4.72. The van der Waals surface area contributed by atoms with Crippen molar-refractivity contribution >= 4 is 41.7 Å². The van der Waals surface area contributed by atoms with Crippen LogP contribution in [0, 0.1) is 23.1 Å². The zero-order valence-electron chi connectivity index (χ0n) is 32.8. The molecule has 3 aliphatic rings. The number of amides is 1. The SMILES string of the molecule is CC(C)[Si](C#Cc1c(F)ccc2cccc(-c3ncc4c(N(C)[C@@H]5CCN(C(=O)O)C5)nc(OC[C@@]56CCCN5C[C@H](F)C6)nc4c3F)c12)(C(C)C)C(C)C. The second-order valence-corrected chi connectivity index (χ2v) is 22.2. The average Bonchev–Trinajstić information content (AvgIpc) is 3.86. The van der Waals surface area contributed by atoms with Gasteiger partial charge in [0.15, 0.2) is 5.82 Å². The van der Waals surface area contributed by atoms with Crippen LogP contribution >= 0.6 is 0 Å². The summed E-state index contributed by atoms with van der Waals surface area (Å²) in [4.78, 5) is 31.1. The van der Waals surface area contributed by atoms with Crippen molar-refractivity contribution in [1.82, 2.24) is 24.8 Å². The number of rotatable bonds is 9.